The summed E-state index contributed by atoms with van der Waals surface area (Å²) in [6, 6.07) is 5.88. The molecule has 0 bridgehead atoms. The van der Waals surface area contributed by atoms with E-state index in [9.17, 15) is 10.1 Å². The van der Waals surface area contributed by atoms with Gasteiger partial charge in [0.05, 0.1) is 4.92 Å². The third kappa shape index (κ3) is 4.69. The highest BCUT2D eigenvalue weighted by Crippen LogP contribution is 2.32. The van der Waals surface area contributed by atoms with E-state index in [1.807, 2.05) is 25.1 Å². The van der Waals surface area contributed by atoms with E-state index < -0.39 is 4.92 Å². The van der Waals surface area contributed by atoms with Crippen molar-refractivity contribution in [2.24, 2.45) is 11.7 Å². The quantitative estimate of drug-likeness (QED) is 0.494. The molecule has 0 radical (unpaired) electrons. The number of halogens is 1. The maximum atomic E-state index is 11.5. The number of benzene rings is 1. The van der Waals surface area contributed by atoms with Gasteiger partial charge in [-0.2, -0.15) is 4.98 Å². The molecule has 1 saturated carbocycles. The topological polar surface area (TPSA) is 133 Å². The summed E-state index contributed by atoms with van der Waals surface area (Å²) in [5.74, 6) is 0.480. The summed E-state index contributed by atoms with van der Waals surface area (Å²) in [5, 5.41) is 15.3. The molecule has 0 amide bonds. The lowest BCUT2D eigenvalue weighted by molar-refractivity contribution is -0.385. The van der Waals surface area contributed by atoms with Gasteiger partial charge in [0.25, 0.3) is 0 Å². The first kappa shape index (κ1) is 20.3. The van der Waals surface area contributed by atoms with Crippen LogP contribution < -0.4 is 16.8 Å². The summed E-state index contributed by atoms with van der Waals surface area (Å²) in [6.45, 7) is 2.38. The largest absolute Gasteiger partial charge is 0.378 e. The Hall–Kier alpha value is -2.45. The molecule has 8 nitrogen and oxygen atoms in total. The Balaban J connectivity index is 1.81. The van der Waals surface area contributed by atoms with Gasteiger partial charge in [-0.1, -0.05) is 23.7 Å². The number of nitro groups is 1. The first-order valence-electron chi connectivity index (χ1n) is 9.39. The van der Waals surface area contributed by atoms with Crippen LogP contribution in [-0.4, -0.2) is 20.9 Å². The summed E-state index contributed by atoms with van der Waals surface area (Å²) in [4.78, 5) is 19.5. The predicted molar refractivity (Wildman–Crippen MR) is 110 cm³/mol. The number of nitrogens with two attached hydrogens (primary N) is 2. The van der Waals surface area contributed by atoms with Crippen LogP contribution in [0.2, 0.25) is 5.02 Å². The molecule has 0 atom stereocenters. The van der Waals surface area contributed by atoms with Crippen molar-refractivity contribution < 1.29 is 4.92 Å². The zero-order valence-electron chi connectivity index (χ0n) is 15.8. The Labute approximate surface area is 168 Å². The number of rotatable bonds is 6. The average molecular weight is 405 g/mol. The molecule has 3 rings (SSSR count). The highest BCUT2D eigenvalue weighted by Gasteiger charge is 2.27. The average Bonchev–Trinajstić information content (AvgIpc) is 2.64. The highest BCUT2D eigenvalue weighted by molar-refractivity contribution is 6.31. The SMILES string of the molecule is Cc1c(Cl)cccc1CNc1nc(N)c([N+](=O)[O-])c(CC2CCC(N)CC2)n1. The van der Waals surface area contributed by atoms with Crippen molar-refractivity contribution in [3.05, 3.63) is 50.2 Å². The molecule has 1 heterocycles. The molecule has 28 heavy (non-hydrogen) atoms. The highest BCUT2D eigenvalue weighted by atomic mass is 35.5. The summed E-state index contributed by atoms with van der Waals surface area (Å²) in [5.41, 5.74) is 14.0. The van der Waals surface area contributed by atoms with Gasteiger partial charge in [-0.15, -0.1) is 0 Å². The van der Waals surface area contributed by atoms with Crippen LogP contribution in [0.5, 0.6) is 0 Å². The van der Waals surface area contributed by atoms with Gasteiger partial charge in [-0.25, -0.2) is 4.98 Å². The van der Waals surface area contributed by atoms with Crippen molar-refractivity contribution in [1.82, 2.24) is 9.97 Å². The van der Waals surface area contributed by atoms with Crippen LogP contribution in [-0.2, 0) is 13.0 Å². The van der Waals surface area contributed by atoms with Gasteiger partial charge >= 0.3 is 5.69 Å². The fourth-order valence-corrected chi connectivity index (χ4v) is 3.82. The molecule has 9 heteroatoms. The Morgan fingerprint density at radius 2 is 2.00 bits per heavy atom. The summed E-state index contributed by atoms with van der Waals surface area (Å²) < 4.78 is 0. The molecule has 2 aromatic rings. The van der Waals surface area contributed by atoms with Crippen LogP contribution in [0.15, 0.2) is 18.2 Å². The van der Waals surface area contributed by atoms with Gasteiger partial charge in [0, 0.05) is 17.6 Å². The third-order valence-electron chi connectivity index (χ3n) is 5.36. The second kappa shape index (κ2) is 8.70. The van der Waals surface area contributed by atoms with E-state index in [1.165, 1.54) is 0 Å². The van der Waals surface area contributed by atoms with Crippen molar-refractivity contribution >= 4 is 29.1 Å². The summed E-state index contributed by atoms with van der Waals surface area (Å²) in [7, 11) is 0. The number of aromatic nitrogens is 2. The number of nitrogen functional groups attached to an aromatic ring is 1. The van der Waals surface area contributed by atoms with Gasteiger partial charge in [-0.3, -0.25) is 10.1 Å². The summed E-state index contributed by atoms with van der Waals surface area (Å²) >= 11 is 6.16. The van der Waals surface area contributed by atoms with Gasteiger partial charge in [-0.05, 0) is 62.1 Å². The van der Waals surface area contributed by atoms with Gasteiger partial charge in [0.15, 0.2) is 0 Å². The number of hydrogen-bond donors (Lipinski definition) is 3. The fourth-order valence-electron chi connectivity index (χ4n) is 3.62. The molecule has 5 N–H and O–H groups in total. The van der Waals surface area contributed by atoms with Crippen molar-refractivity contribution in [2.45, 2.75) is 51.6 Å². The van der Waals surface area contributed by atoms with Crippen molar-refractivity contribution in [1.29, 1.82) is 0 Å². The normalized spacial score (nSPS) is 19.4. The van der Waals surface area contributed by atoms with E-state index >= 15 is 0 Å². The molecule has 1 aromatic carbocycles. The van der Waals surface area contributed by atoms with Crippen LogP contribution in [0.1, 0.15) is 42.5 Å². The van der Waals surface area contributed by atoms with Crippen molar-refractivity contribution in [3.63, 3.8) is 0 Å². The molecule has 1 aliphatic rings. The van der Waals surface area contributed by atoms with Crippen LogP contribution in [0.4, 0.5) is 17.5 Å². The van der Waals surface area contributed by atoms with E-state index in [0.717, 1.165) is 36.8 Å². The van der Waals surface area contributed by atoms with Crippen LogP contribution in [0.25, 0.3) is 0 Å². The maximum absolute atomic E-state index is 11.5. The zero-order valence-corrected chi connectivity index (χ0v) is 16.6. The molecule has 150 valence electrons. The first-order valence-corrected chi connectivity index (χ1v) is 9.77. The minimum atomic E-state index is -0.496. The van der Waals surface area contributed by atoms with E-state index in [4.69, 9.17) is 23.1 Å². The minimum Gasteiger partial charge on any atom is -0.378 e. The smallest absolute Gasteiger partial charge is 0.332 e. The summed E-state index contributed by atoms with van der Waals surface area (Å²) in [6.07, 6.45) is 4.23. The zero-order chi connectivity index (χ0) is 20.3. The molecule has 0 aliphatic heterocycles. The third-order valence-corrected chi connectivity index (χ3v) is 5.77. The van der Waals surface area contributed by atoms with Crippen molar-refractivity contribution in [3.8, 4) is 0 Å². The second-order valence-corrected chi connectivity index (χ2v) is 7.75. The molecule has 0 spiro atoms. The predicted octanol–water partition coefficient (Wildman–Crippen LogP) is 3.60. The molecule has 1 fully saturated rings. The molecule has 0 saturated heterocycles. The van der Waals surface area contributed by atoms with Crippen molar-refractivity contribution in [2.75, 3.05) is 11.1 Å². The lowest BCUT2D eigenvalue weighted by Gasteiger charge is -2.25. The lowest BCUT2D eigenvalue weighted by atomic mass is 9.83. The molecular weight excluding hydrogens is 380 g/mol. The van der Waals surface area contributed by atoms with E-state index in [2.05, 4.69) is 15.3 Å². The number of hydrogen-bond acceptors (Lipinski definition) is 7. The number of nitrogens with zero attached hydrogens (tertiary/aromatic N) is 3. The van der Waals surface area contributed by atoms with E-state index in [-0.39, 0.29) is 23.5 Å². The Morgan fingerprint density at radius 1 is 1.29 bits per heavy atom. The maximum Gasteiger partial charge on any atom is 0.332 e. The molecule has 0 unspecified atom stereocenters. The van der Waals surface area contributed by atoms with E-state index in [0.29, 0.717) is 29.6 Å². The number of anilines is 2. The van der Waals surface area contributed by atoms with Crippen LogP contribution in [0, 0.1) is 23.0 Å². The first-order chi connectivity index (χ1) is 13.3. The number of nitrogens with one attached hydrogen (secondary N) is 1. The monoisotopic (exact) mass is 404 g/mol. The van der Waals surface area contributed by atoms with Gasteiger partial charge in [0.1, 0.15) is 5.69 Å². The molecule has 1 aliphatic carbocycles. The Kier molecular flexibility index (Phi) is 6.31. The van der Waals surface area contributed by atoms with Gasteiger partial charge in [0.2, 0.25) is 11.8 Å². The molecular formula is C19H25ClN6O2. The molecule has 1 aromatic heterocycles. The lowest BCUT2D eigenvalue weighted by Crippen LogP contribution is -2.27. The minimum absolute atomic E-state index is 0.118. The van der Waals surface area contributed by atoms with E-state index in [1.54, 1.807) is 0 Å². The Morgan fingerprint density at radius 3 is 2.68 bits per heavy atom. The van der Waals surface area contributed by atoms with Gasteiger partial charge < -0.3 is 16.8 Å². The second-order valence-electron chi connectivity index (χ2n) is 7.35. The standard InChI is InChI=1S/C19H25ClN6O2/c1-11-13(3-2-4-15(11)20)10-23-19-24-16(17(26(27)28)18(22)25-19)9-12-5-7-14(21)8-6-12/h2-4,12,14H,5-10,21H2,1H3,(H3,22,23,24,25). The van der Waals surface area contributed by atoms with Crippen LogP contribution >= 0.6 is 11.6 Å². The van der Waals surface area contributed by atoms with Crippen LogP contribution in [0.3, 0.4) is 0 Å². The fraction of sp³-hybridized carbons (Fsp3) is 0.474. The Bertz CT molecular complexity index is 868.